The minimum atomic E-state index is 0.545. The van der Waals surface area contributed by atoms with Crippen LogP contribution in [-0.4, -0.2) is 5.33 Å². The number of rotatable bonds is 3. The number of hydrogen-bond donors (Lipinski definition) is 0. The van der Waals surface area contributed by atoms with E-state index in [0.29, 0.717) is 5.41 Å². The first-order valence-electron chi connectivity index (χ1n) is 3.18. The van der Waals surface area contributed by atoms with Crippen LogP contribution in [0, 0.1) is 5.41 Å². The second-order valence-electron chi connectivity index (χ2n) is 2.96. The van der Waals surface area contributed by atoms with Crippen LogP contribution in [0.5, 0.6) is 0 Å². The molecule has 0 unspecified atom stereocenters. The molecular weight excluding hydrogens is 164 g/mol. The first kappa shape index (κ1) is 8.48. The summed E-state index contributed by atoms with van der Waals surface area (Å²) in [4.78, 5) is 0. The molecule has 0 fully saturated rings. The number of alkyl halides is 1. The second-order valence-corrected chi connectivity index (χ2v) is 3.75. The van der Waals surface area contributed by atoms with Gasteiger partial charge in [-0.15, -0.1) is 0 Å². The zero-order valence-electron chi connectivity index (χ0n) is 6.00. The summed E-state index contributed by atoms with van der Waals surface area (Å²) < 4.78 is 0. The topological polar surface area (TPSA) is 0 Å². The van der Waals surface area contributed by atoms with Crippen molar-refractivity contribution in [3.63, 3.8) is 0 Å². The van der Waals surface area contributed by atoms with Crippen LogP contribution in [0.25, 0.3) is 0 Å². The van der Waals surface area contributed by atoms with E-state index < -0.39 is 0 Å². The fourth-order valence-electron chi connectivity index (χ4n) is 0.433. The highest BCUT2D eigenvalue weighted by Gasteiger charge is 2.12. The van der Waals surface area contributed by atoms with Crippen LogP contribution in [0.4, 0.5) is 0 Å². The summed E-state index contributed by atoms with van der Waals surface area (Å²) in [6.07, 6.45) is 2.56. The molecule has 0 nitrogen and oxygen atoms in total. The monoisotopic (exact) mass is 178 g/mol. The maximum absolute atomic E-state index is 3.43. The largest absolute Gasteiger partial charge is 0.0928 e. The second kappa shape index (κ2) is 3.49. The van der Waals surface area contributed by atoms with Crippen molar-refractivity contribution in [2.75, 3.05) is 5.33 Å². The SMILES string of the molecule is CCC(C)(C)CCBr. The normalized spacial score (nSPS) is 12.0. The molecule has 0 saturated heterocycles. The van der Waals surface area contributed by atoms with E-state index in [1.54, 1.807) is 0 Å². The van der Waals surface area contributed by atoms with Crippen LogP contribution in [0.1, 0.15) is 33.6 Å². The van der Waals surface area contributed by atoms with Crippen molar-refractivity contribution in [1.29, 1.82) is 0 Å². The van der Waals surface area contributed by atoms with Gasteiger partial charge in [0.15, 0.2) is 0 Å². The maximum atomic E-state index is 3.43. The zero-order valence-corrected chi connectivity index (χ0v) is 7.59. The molecule has 0 saturated carbocycles. The Balaban J connectivity index is 3.37. The lowest BCUT2D eigenvalue weighted by Crippen LogP contribution is -2.09. The lowest BCUT2D eigenvalue weighted by Gasteiger charge is -2.20. The molecule has 0 rings (SSSR count). The molecule has 0 heterocycles. The fraction of sp³-hybridized carbons (Fsp3) is 1.00. The minimum Gasteiger partial charge on any atom is -0.0928 e. The predicted molar refractivity (Wildman–Crippen MR) is 42.5 cm³/mol. The van der Waals surface area contributed by atoms with E-state index in [9.17, 15) is 0 Å². The Labute approximate surface area is 60.8 Å². The molecule has 50 valence electrons. The molecule has 0 spiro atoms. The van der Waals surface area contributed by atoms with E-state index in [4.69, 9.17) is 0 Å². The summed E-state index contributed by atoms with van der Waals surface area (Å²) >= 11 is 3.43. The molecule has 0 aromatic rings. The standard InChI is InChI=1S/C7H15Br/c1-4-7(2,3)5-6-8/h4-6H2,1-3H3. The molecule has 0 aliphatic carbocycles. The van der Waals surface area contributed by atoms with Gasteiger partial charge in [-0.1, -0.05) is 43.1 Å². The highest BCUT2D eigenvalue weighted by Crippen LogP contribution is 2.24. The van der Waals surface area contributed by atoms with Crippen molar-refractivity contribution in [3.05, 3.63) is 0 Å². The third-order valence-electron chi connectivity index (χ3n) is 1.73. The molecule has 1 heteroatoms. The summed E-state index contributed by atoms with van der Waals surface area (Å²) in [6, 6.07) is 0. The summed E-state index contributed by atoms with van der Waals surface area (Å²) in [5.74, 6) is 0. The van der Waals surface area contributed by atoms with Gasteiger partial charge in [-0.2, -0.15) is 0 Å². The van der Waals surface area contributed by atoms with Crippen molar-refractivity contribution in [2.24, 2.45) is 5.41 Å². The van der Waals surface area contributed by atoms with Crippen LogP contribution in [0.2, 0.25) is 0 Å². The predicted octanol–water partition coefficient (Wildman–Crippen LogP) is 3.21. The first-order valence-corrected chi connectivity index (χ1v) is 4.30. The van der Waals surface area contributed by atoms with E-state index in [1.165, 1.54) is 12.8 Å². The van der Waals surface area contributed by atoms with Gasteiger partial charge in [-0.25, -0.2) is 0 Å². The van der Waals surface area contributed by atoms with Gasteiger partial charge < -0.3 is 0 Å². The van der Waals surface area contributed by atoms with Crippen molar-refractivity contribution >= 4 is 15.9 Å². The summed E-state index contributed by atoms with van der Waals surface area (Å²) in [6.45, 7) is 6.84. The van der Waals surface area contributed by atoms with Crippen molar-refractivity contribution in [1.82, 2.24) is 0 Å². The van der Waals surface area contributed by atoms with E-state index in [-0.39, 0.29) is 0 Å². The Hall–Kier alpha value is 0.480. The molecule has 0 N–H and O–H groups in total. The minimum absolute atomic E-state index is 0.545. The van der Waals surface area contributed by atoms with E-state index in [0.717, 1.165) is 5.33 Å². The van der Waals surface area contributed by atoms with Crippen LogP contribution in [0.3, 0.4) is 0 Å². The lowest BCUT2D eigenvalue weighted by atomic mass is 9.88. The molecule has 0 amide bonds. The lowest BCUT2D eigenvalue weighted by molar-refractivity contribution is 0.342. The van der Waals surface area contributed by atoms with Crippen molar-refractivity contribution < 1.29 is 0 Å². The van der Waals surface area contributed by atoms with Crippen LogP contribution in [-0.2, 0) is 0 Å². The molecule has 8 heavy (non-hydrogen) atoms. The molecule has 0 aliphatic heterocycles. The van der Waals surface area contributed by atoms with Gasteiger partial charge in [0.05, 0.1) is 0 Å². The Bertz CT molecular complexity index is 57.4. The third kappa shape index (κ3) is 3.48. The molecule has 0 atom stereocenters. The summed E-state index contributed by atoms with van der Waals surface area (Å²) in [7, 11) is 0. The molecular formula is C7H15Br. The van der Waals surface area contributed by atoms with Gasteiger partial charge in [0.1, 0.15) is 0 Å². The van der Waals surface area contributed by atoms with Crippen LogP contribution in [0.15, 0.2) is 0 Å². The summed E-state index contributed by atoms with van der Waals surface area (Å²) in [5.41, 5.74) is 0.545. The van der Waals surface area contributed by atoms with Gasteiger partial charge >= 0.3 is 0 Å². The van der Waals surface area contributed by atoms with Gasteiger partial charge in [0.2, 0.25) is 0 Å². The Kier molecular flexibility index (Phi) is 3.70. The Morgan fingerprint density at radius 2 is 1.88 bits per heavy atom. The van der Waals surface area contributed by atoms with Gasteiger partial charge in [0.25, 0.3) is 0 Å². The Morgan fingerprint density at radius 1 is 1.38 bits per heavy atom. The van der Waals surface area contributed by atoms with Gasteiger partial charge in [-0.05, 0) is 11.8 Å². The highest BCUT2D eigenvalue weighted by atomic mass is 79.9. The van der Waals surface area contributed by atoms with E-state index >= 15 is 0 Å². The quantitative estimate of drug-likeness (QED) is 0.583. The number of halogens is 1. The first-order chi connectivity index (χ1) is 3.62. The molecule has 0 aromatic heterocycles. The zero-order chi connectivity index (χ0) is 6.62. The van der Waals surface area contributed by atoms with Crippen molar-refractivity contribution in [2.45, 2.75) is 33.6 Å². The molecule has 0 aromatic carbocycles. The average molecular weight is 179 g/mol. The van der Waals surface area contributed by atoms with Gasteiger partial charge in [0, 0.05) is 5.33 Å². The molecule has 0 radical (unpaired) electrons. The van der Waals surface area contributed by atoms with Crippen molar-refractivity contribution in [3.8, 4) is 0 Å². The Morgan fingerprint density at radius 3 is 2.00 bits per heavy atom. The highest BCUT2D eigenvalue weighted by molar-refractivity contribution is 9.09. The number of hydrogen-bond acceptors (Lipinski definition) is 0. The average Bonchev–Trinajstić information content (AvgIpc) is 1.67. The smallest absolute Gasteiger partial charge is 0.00363 e. The maximum Gasteiger partial charge on any atom is 0.00363 e. The fourth-order valence-corrected chi connectivity index (χ4v) is 1.51. The van der Waals surface area contributed by atoms with Crippen LogP contribution < -0.4 is 0 Å². The van der Waals surface area contributed by atoms with Gasteiger partial charge in [-0.3, -0.25) is 0 Å². The molecule has 0 bridgehead atoms. The van der Waals surface area contributed by atoms with E-state index in [2.05, 4.69) is 36.7 Å². The van der Waals surface area contributed by atoms with Crippen LogP contribution >= 0.6 is 15.9 Å². The summed E-state index contributed by atoms with van der Waals surface area (Å²) in [5, 5.41) is 1.13. The van der Waals surface area contributed by atoms with E-state index in [1.807, 2.05) is 0 Å². The molecule has 0 aliphatic rings. The third-order valence-corrected chi connectivity index (χ3v) is 2.12.